The van der Waals surface area contributed by atoms with E-state index < -0.39 is 0 Å². The topological polar surface area (TPSA) is 46.6 Å². The molecule has 1 aliphatic heterocycles. The van der Waals surface area contributed by atoms with Crippen LogP contribution in [0, 0.1) is 5.92 Å². The van der Waals surface area contributed by atoms with E-state index in [-0.39, 0.29) is 24.2 Å². The molecular weight excluding hydrogens is 326 g/mol. The molecule has 0 spiro atoms. The molecule has 1 atom stereocenters. The molecule has 1 unspecified atom stereocenters. The summed E-state index contributed by atoms with van der Waals surface area (Å²) in [4.78, 5) is 26.5. The molecule has 0 aromatic heterocycles. The first-order valence-corrected chi connectivity index (χ1v) is 9.34. The van der Waals surface area contributed by atoms with Crippen molar-refractivity contribution in [2.45, 2.75) is 32.1 Å². The first kappa shape index (κ1) is 16.8. The van der Waals surface area contributed by atoms with Gasteiger partial charge in [-0.15, -0.1) is 0 Å². The number of nitrogens with zero attached hydrogens (tertiary/aromatic N) is 1. The van der Waals surface area contributed by atoms with Crippen molar-refractivity contribution in [1.29, 1.82) is 0 Å². The maximum atomic E-state index is 12.5. The number of ether oxygens (including phenoxy) is 1. The predicted octanol–water partition coefficient (Wildman–Crippen LogP) is 3.17. The number of carbonyl (C=O) groups is 2. The molecular formula is C22H23NO3. The summed E-state index contributed by atoms with van der Waals surface area (Å²) in [6, 6.07) is 16.0. The molecule has 0 radical (unpaired) electrons. The van der Waals surface area contributed by atoms with Crippen molar-refractivity contribution in [3.05, 3.63) is 65.2 Å². The monoisotopic (exact) mass is 349 g/mol. The molecule has 1 amide bonds. The summed E-state index contributed by atoms with van der Waals surface area (Å²) in [5.74, 6) is -0.0206. The number of rotatable bonds is 5. The number of likely N-dealkylation sites (tertiary alicyclic amines) is 1. The van der Waals surface area contributed by atoms with Gasteiger partial charge in [-0.05, 0) is 54.5 Å². The lowest BCUT2D eigenvalue weighted by molar-refractivity contribution is -0.139. The highest BCUT2D eigenvalue weighted by Crippen LogP contribution is 2.27. The first-order valence-electron chi connectivity index (χ1n) is 9.34. The normalized spacial score (nSPS) is 18.8. The molecule has 1 saturated heterocycles. The maximum absolute atomic E-state index is 12.5. The molecule has 2 aromatic rings. The number of hydrogen-bond donors (Lipinski definition) is 0. The fourth-order valence-electron chi connectivity index (χ4n) is 3.87. The average molecular weight is 349 g/mol. The minimum Gasteiger partial charge on any atom is -0.426 e. The molecule has 1 aliphatic carbocycles. The lowest BCUT2D eigenvalue weighted by Crippen LogP contribution is -2.29. The Morgan fingerprint density at radius 3 is 2.73 bits per heavy atom. The first-order chi connectivity index (χ1) is 12.7. The van der Waals surface area contributed by atoms with Gasteiger partial charge in [0.2, 0.25) is 5.91 Å². The fraction of sp³-hybridized carbons (Fsp3) is 0.364. The predicted molar refractivity (Wildman–Crippen MR) is 98.9 cm³/mol. The summed E-state index contributed by atoms with van der Waals surface area (Å²) >= 11 is 0. The summed E-state index contributed by atoms with van der Waals surface area (Å²) < 4.78 is 5.57. The van der Waals surface area contributed by atoms with Crippen molar-refractivity contribution in [2.24, 2.45) is 5.92 Å². The second kappa shape index (κ2) is 7.32. The van der Waals surface area contributed by atoms with Crippen LogP contribution in [0.3, 0.4) is 0 Å². The second-order valence-electron chi connectivity index (χ2n) is 7.18. The molecule has 134 valence electrons. The third kappa shape index (κ3) is 3.64. The van der Waals surface area contributed by atoms with Gasteiger partial charge in [-0.25, -0.2) is 0 Å². The molecule has 4 rings (SSSR count). The number of carbonyl (C=O) groups excluding carboxylic acids is 2. The zero-order valence-electron chi connectivity index (χ0n) is 14.8. The summed E-state index contributed by atoms with van der Waals surface area (Å²) in [5.41, 5.74) is 3.83. The van der Waals surface area contributed by atoms with Gasteiger partial charge < -0.3 is 9.64 Å². The van der Waals surface area contributed by atoms with Crippen molar-refractivity contribution < 1.29 is 14.3 Å². The van der Waals surface area contributed by atoms with E-state index in [0.717, 1.165) is 19.3 Å². The molecule has 26 heavy (non-hydrogen) atoms. The number of amides is 1. The standard InChI is InChI=1S/C22H23NO3/c24-21-14-19(15-23(21)12-11-16-5-2-1-3-6-16)22(25)26-20-10-9-17-7-4-8-18(17)13-20/h1-3,5-6,9-10,13,19H,4,7-8,11-12,14-15H2. The SMILES string of the molecule is O=C(Oc1ccc2c(c1)CCC2)C1CC(=O)N(CCc2ccccc2)C1. The van der Waals surface area contributed by atoms with E-state index in [1.165, 1.54) is 23.1 Å². The Morgan fingerprint density at radius 1 is 1.08 bits per heavy atom. The van der Waals surface area contributed by atoms with Gasteiger partial charge in [0.1, 0.15) is 5.75 Å². The van der Waals surface area contributed by atoms with Crippen LogP contribution in [0.25, 0.3) is 0 Å². The zero-order chi connectivity index (χ0) is 17.9. The van der Waals surface area contributed by atoms with Crippen molar-refractivity contribution in [2.75, 3.05) is 13.1 Å². The Morgan fingerprint density at radius 2 is 1.88 bits per heavy atom. The minimum atomic E-state index is -0.369. The number of fused-ring (bicyclic) bond motifs is 1. The molecule has 4 nitrogen and oxygen atoms in total. The Bertz CT molecular complexity index is 815. The van der Waals surface area contributed by atoms with Gasteiger partial charge in [-0.1, -0.05) is 36.4 Å². The van der Waals surface area contributed by atoms with E-state index >= 15 is 0 Å². The molecule has 2 aromatic carbocycles. The van der Waals surface area contributed by atoms with Crippen LogP contribution in [0.15, 0.2) is 48.5 Å². The summed E-state index contributed by atoms with van der Waals surface area (Å²) in [6.45, 7) is 1.10. The molecule has 2 aliphatic rings. The second-order valence-corrected chi connectivity index (χ2v) is 7.18. The number of esters is 1. The van der Waals surface area contributed by atoms with E-state index in [2.05, 4.69) is 18.2 Å². The Hall–Kier alpha value is -2.62. The van der Waals surface area contributed by atoms with Crippen LogP contribution in [-0.2, 0) is 28.9 Å². The summed E-state index contributed by atoms with van der Waals surface area (Å²) in [7, 11) is 0. The van der Waals surface area contributed by atoms with E-state index in [4.69, 9.17) is 4.74 Å². The van der Waals surface area contributed by atoms with Gasteiger partial charge in [-0.2, -0.15) is 0 Å². The van der Waals surface area contributed by atoms with Crippen molar-refractivity contribution in [3.8, 4) is 5.75 Å². The Labute approximate surface area is 153 Å². The highest BCUT2D eigenvalue weighted by molar-refractivity contribution is 5.87. The van der Waals surface area contributed by atoms with Crippen LogP contribution >= 0.6 is 0 Å². The van der Waals surface area contributed by atoms with Gasteiger partial charge in [0, 0.05) is 19.5 Å². The third-order valence-corrected chi connectivity index (χ3v) is 5.35. The number of hydrogen-bond acceptors (Lipinski definition) is 3. The largest absolute Gasteiger partial charge is 0.426 e. The van der Waals surface area contributed by atoms with Crippen molar-refractivity contribution in [1.82, 2.24) is 4.90 Å². The lowest BCUT2D eigenvalue weighted by atomic mass is 10.1. The summed E-state index contributed by atoms with van der Waals surface area (Å²) in [5, 5.41) is 0. The van der Waals surface area contributed by atoms with E-state index in [9.17, 15) is 9.59 Å². The fourth-order valence-corrected chi connectivity index (χ4v) is 3.87. The quantitative estimate of drug-likeness (QED) is 0.615. The van der Waals surface area contributed by atoms with Gasteiger partial charge in [0.05, 0.1) is 5.92 Å². The van der Waals surface area contributed by atoms with Gasteiger partial charge in [-0.3, -0.25) is 9.59 Å². The average Bonchev–Trinajstić information content (AvgIpc) is 3.27. The van der Waals surface area contributed by atoms with Crippen LogP contribution in [0.4, 0.5) is 0 Å². The Kier molecular flexibility index (Phi) is 4.74. The van der Waals surface area contributed by atoms with Crippen LogP contribution in [0.2, 0.25) is 0 Å². The summed E-state index contributed by atoms with van der Waals surface area (Å²) in [6.07, 6.45) is 4.38. The smallest absolute Gasteiger partial charge is 0.316 e. The highest BCUT2D eigenvalue weighted by Gasteiger charge is 2.35. The van der Waals surface area contributed by atoms with Gasteiger partial charge in [0.15, 0.2) is 0 Å². The van der Waals surface area contributed by atoms with E-state index in [1.807, 2.05) is 30.3 Å². The number of aryl methyl sites for hydroxylation is 2. The van der Waals surface area contributed by atoms with Gasteiger partial charge in [0.25, 0.3) is 0 Å². The zero-order valence-corrected chi connectivity index (χ0v) is 14.8. The van der Waals surface area contributed by atoms with Crippen LogP contribution in [0.1, 0.15) is 29.5 Å². The Balaban J connectivity index is 1.33. The van der Waals surface area contributed by atoms with Crippen molar-refractivity contribution in [3.63, 3.8) is 0 Å². The molecule has 0 bridgehead atoms. The molecule has 0 saturated carbocycles. The minimum absolute atomic E-state index is 0.0387. The molecule has 4 heteroatoms. The van der Waals surface area contributed by atoms with E-state index in [1.54, 1.807) is 4.90 Å². The lowest BCUT2D eigenvalue weighted by Gasteiger charge is -2.16. The maximum Gasteiger partial charge on any atom is 0.316 e. The highest BCUT2D eigenvalue weighted by atomic mass is 16.5. The number of benzene rings is 2. The van der Waals surface area contributed by atoms with E-state index in [0.29, 0.717) is 18.8 Å². The third-order valence-electron chi connectivity index (χ3n) is 5.35. The van der Waals surface area contributed by atoms with Crippen LogP contribution < -0.4 is 4.74 Å². The van der Waals surface area contributed by atoms with Crippen molar-refractivity contribution >= 4 is 11.9 Å². The molecule has 1 heterocycles. The van der Waals surface area contributed by atoms with Crippen LogP contribution in [-0.4, -0.2) is 29.9 Å². The molecule has 1 fully saturated rings. The van der Waals surface area contributed by atoms with Crippen LogP contribution in [0.5, 0.6) is 5.75 Å². The molecule has 0 N–H and O–H groups in total. The van der Waals surface area contributed by atoms with Gasteiger partial charge >= 0.3 is 5.97 Å².